The quantitative estimate of drug-likeness (QED) is 0.411. The topological polar surface area (TPSA) is 38.3 Å². The van der Waals surface area contributed by atoms with Crippen molar-refractivity contribution in [1.29, 1.82) is 0 Å². The van der Waals surface area contributed by atoms with E-state index in [9.17, 15) is 4.79 Å². The van der Waals surface area contributed by atoms with E-state index in [2.05, 4.69) is 26.3 Å². The van der Waals surface area contributed by atoms with E-state index in [0.717, 1.165) is 6.42 Å². The molecule has 0 heterocycles. The fourth-order valence-corrected chi connectivity index (χ4v) is 2.14. The first kappa shape index (κ1) is 18.4. The molecule has 114 valence electrons. The van der Waals surface area contributed by atoms with Gasteiger partial charge in [0, 0.05) is 12.5 Å². The van der Waals surface area contributed by atoms with Gasteiger partial charge in [0.05, 0.1) is 0 Å². The van der Waals surface area contributed by atoms with Gasteiger partial charge in [0.15, 0.2) is 0 Å². The molecule has 1 N–H and O–H groups in total. The third-order valence-electron chi connectivity index (χ3n) is 3.38. The molecule has 0 saturated heterocycles. The van der Waals surface area contributed by atoms with Crippen LogP contribution in [0.3, 0.4) is 0 Å². The van der Waals surface area contributed by atoms with Gasteiger partial charge in [-0.2, -0.15) is 0 Å². The summed E-state index contributed by atoms with van der Waals surface area (Å²) in [6.45, 7) is 7.81. The van der Waals surface area contributed by atoms with Crippen molar-refractivity contribution in [3.63, 3.8) is 0 Å². The van der Waals surface area contributed by atoms with Crippen molar-refractivity contribution < 1.29 is 9.63 Å². The van der Waals surface area contributed by atoms with Crippen molar-refractivity contribution in [1.82, 2.24) is 5.48 Å². The average molecular weight is 271 g/mol. The summed E-state index contributed by atoms with van der Waals surface area (Å²) in [6, 6.07) is 0. The Labute approximate surface area is 119 Å². The van der Waals surface area contributed by atoms with Gasteiger partial charge in [0.2, 0.25) is 0 Å². The van der Waals surface area contributed by atoms with Crippen LogP contribution in [0.4, 0.5) is 0 Å². The minimum atomic E-state index is -0.278. The molecule has 0 atom stereocenters. The van der Waals surface area contributed by atoms with Gasteiger partial charge in [-0.05, 0) is 20.3 Å². The summed E-state index contributed by atoms with van der Waals surface area (Å²) >= 11 is 0. The Kier molecular flexibility index (Phi) is 10.9. The molecule has 0 spiro atoms. The molecule has 0 aromatic heterocycles. The Balaban J connectivity index is 3.35. The van der Waals surface area contributed by atoms with Crippen molar-refractivity contribution in [3.8, 4) is 0 Å². The van der Waals surface area contributed by atoms with Gasteiger partial charge in [0.25, 0.3) is 0 Å². The highest BCUT2D eigenvalue weighted by molar-refractivity contribution is 5.65. The molecule has 0 saturated carbocycles. The van der Waals surface area contributed by atoms with Gasteiger partial charge in [-0.3, -0.25) is 4.79 Å². The Hall–Kier alpha value is -0.570. The molecule has 0 radical (unpaired) electrons. The van der Waals surface area contributed by atoms with Crippen LogP contribution in [-0.4, -0.2) is 11.5 Å². The number of nitrogens with one attached hydrogen (secondary N) is 1. The van der Waals surface area contributed by atoms with Gasteiger partial charge in [-0.15, -0.1) is 5.48 Å². The molecule has 0 aromatic carbocycles. The van der Waals surface area contributed by atoms with E-state index in [1.807, 2.05) is 0 Å². The molecule has 0 aliphatic heterocycles. The summed E-state index contributed by atoms with van der Waals surface area (Å²) in [6.07, 6.45) is 13.1. The van der Waals surface area contributed by atoms with Gasteiger partial charge in [-0.25, -0.2) is 0 Å². The lowest BCUT2D eigenvalue weighted by Crippen LogP contribution is -2.40. The van der Waals surface area contributed by atoms with Crippen LogP contribution in [-0.2, 0) is 9.63 Å². The van der Waals surface area contributed by atoms with E-state index in [4.69, 9.17) is 4.84 Å². The van der Waals surface area contributed by atoms with Crippen LogP contribution in [0, 0.1) is 0 Å². The van der Waals surface area contributed by atoms with Gasteiger partial charge < -0.3 is 4.84 Å². The monoisotopic (exact) mass is 271 g/mol. The largest absolute Gasteiger partial charge is 0.371 e. The summed E-state index contributed by atoms with van der Waals surface area (Å²) in [5.41, 5.74) is 2.72. The molecule has 0 rings (SSSR count). The zero-order valence-corrected chi connectivity index (χ0v) is 13.4. The van der Waals surface area contributed by atoms with Gasteiger partial charge in [0.1, 0.15) is 0 Å². The predicted molar refractivity (Wildman–Crippen MR) is 80.8 cm³/mol. The molecule has 19 heavy (non-hydrogen) atoms. The summed E-state index contributed by atoms with van der Waals surface area (Å²) in [4.78, 5) is 15.6. The zero-order valence-electron chi connectivity index (χ0n) is 13.4. The Morgan fingerprint density at radius 1 is 0.947 bits per heavy atom. The maximum Gasteiger partial charge on any atom is 0.321 e. The fourth-order valence-electron chi connectivity index (χ4n) is 2.14. The Morgan fingerprint density at radius 2 is 1.42 bits per heavy atom. The van der Waals surface area contributed by atoms with Crippen LogP contribution in [0.2, 0.25) is 0 Å². The maximum atomic E-state index is 10.7. The number of hydrogen-bond donors (Lipinski definition) is 1. The average Bonchev–Trinajstić information content (AvgIpc) is 2.34. The first-order valence-corrected chi connectivity index (χ1v) is 7.92. The van der Waals surface area contributed by atoms with Crippen LogP contribution < -0.4 is 5.48 Å². The summed E-state index contributed by atoms with van der Waals surface area (Å²) in [5.74, 6) is -0.278. The smallest absolute Gasteiger partial charge is 0.321 e. The molecular weight excluding hydrogens is 238 g/mol. The van der Waals surface area contributed by atoms with E-state index >= 15 is 0 Å². The molecular formula is C16H33NO2. The van der Waals surface area contributed by atoms with Crippen molar-refractivity contribution in [3.05, 3.63) is 0 Å². The lowest BCUT2D eigenvalue weighted by molar-refractivity contribution is -0.153. The molecule has 3 nitrogen and oxygen atoms in total. The number of carbonyl (C=O) groups is 1. The van der Waals surface area contributed by atoms with Crippen LogP contribution >= 0.6 is 0 Å². The highest BCUT2D eigenvalue weighted by Crippen LogP contribution is 2.16. The normalized spacial score (nSPS) is 11.6. The van der Waals surface area contributed by atoms with Crippen molar-refractivity contribution >= 4 is 5.97 Å². The molecule has 0 fully saturated rings. The lowest BCUT2D eigenvalue weighted by atomic mass is 9.97. The molecule has 0 unspecified atom stereocenters. The van der Waals surface area contributed by atoms with E-state index in [1.54, 1.807) is 0 Å². The van der Waals surface area contributed by atoms with Crippen molar-refractivity contribution in [2.45, 2.75) is 97.4 Å². The highest BCUT2D eigenvalue weighted by Gasteiger charge is 2.18. The first-order valence-electron chi connectivity index (χ1n) is 7.92. The predicted octanol–water partition coefficient (Wildman–Crippen LogP) is 4.75. The second kappa shape index (κ2) is 11.3. The zero-order chi connectivity index (χ0) is 14.6. The van der Waals surface area contributed by atoms with Crippen LogP contribution in [0.5, 0.6) is 0 Å². The first-order chi connectivity index (χ1) is 8.98. The van der Waals surface area contributed by atoms with E-state index in [-0.39, 0.29) is 11.5 Å². The van der Waals surface area contributed by atoms with Crippen molar-refractivity contribution in [2.75, 3.05) is 0 Å². The van der Waals surface area contributed by atoms with Gasteiger partial charge in [-0.1, -0.05) is 64.7 Å². The number of unbranched alkanes of at least 4 members (excludes halogenated alkanes) is 8. The highest BCUT2D eigenvalue weighted by atomic mass is 16.7. The van der Waals surface area contributed by atoms with Crippen LogP contribution in [0.15, 0.2) is 0 Å². The Bertz CT molecular complexity index is 227. The molecule has 0 aromatic rings. The second-order valence-electron chi connectivity index (χ2n) is 6.16. The molecule has 3 heteroatoms. The number of hydrogen-bond acceptors (Lipinski definition) is 3. The number of carbonyl (C=O) groups excluding carboxylic acids is 1. The fraction of sp³-hybridized carbons (Fsp3) is 0.938. The Morgan fingerprint density at radius 3 is 1.89 bits per heavy atom. The SMILES string of the molecule is CCCCCCCCCCCC(C)(C)NOC(C)=O. The van der Waals surface area contributed by atoms with E-state index in [0.29, 0.717) is 0 Å². The van der Waals surface area contributed by atoms with E-state index in [1.165, 1.54) is 64.7 Å². The maximum absolute atomic E-state index is 10.7. The summed E-state index contributed by atoms with van der Waals surface area (Å²) < 4.78 is 0. The number of rotatable bonds is 12. The standard InChI is InChI=1S/C16H33NO2/c1-5-6-7-8-9-10-11-12-13-14-16(3,4)17-19-15(2)18/h17H,5-14H2,1-4H3. The van der Waals surface area contributed by atoms with Crippen molar-refractivity contribution in [2.24, 2.45) is 0 Å². The van der Waals surface area contributed by atoms with E-state index < -0.39 is 0 Å². The molecule has 0 aliphatic rings. The minimum absolute atomic E-state index is 0.118. The lowest BCUT2D eigenvalue weighted by Gasteiger charge is -2.24. The minimum Gasteiger partial charge on any atom is -0.371 e. The van der Waals surface area contributed by atoms with Crippen LogP contribution in [0.25, 0.3) is 0 Å². The third kappa shape index (κ3) is 13.7. The molecule has 0 amide bonds. The summed E-state index contributed by atoms with van der Waals surface area (Å²) in [7, 11) is 0. The van der Waals surface area contributed by atoms with Gasteiger partial charge >= 0.3 is 5.97 Å². The number of hydroxylamine groups is 1. The van der Waals surface area contributed by atoms with Crippen LogP contribution in [0.1, 0.15) is 91.9 Å². The molecule has 0 bridgehead atoms. The summed E-state index contributed by atoms with van der Waals surface area (Å²) in [5, 5.41) is 0. The third-order valence-corrected chi connectivity index (χ3v) is 3.38. The second-order valence-corrected chi connectivity index (χ2v) is 6.16. The molecule has 0 aliphatic carbocycles.